The van der Waals surface area contributed by atoms with Crippen LogP contribution in [0.3, 0.4) is 0 Å². The van der Waals surface area contributed by atoms with Gasteiger partial charge < -0.3 is 4.74 Å². The van der Waals surface area contributed by atoms with Crippen LogP contribution in [0.15, 0.2) is 47.4 Å². The number of sulfonamides is 1. The van der Waals surface area contributed by atoms with Crippen LogP contribution in [0, 0.1) is 13.8 Å². The molecule has 0 bridgehead atoms. The minimum absolute atomic E-state index is 0. The quantitative estimate of drug-likeness (QED) is 0.768. The summed E-state index contributed by atoms with van der Waals surface area (Å²) in [5.74, 6) is 0.739. The molecule has 0 atom stereocenters. The molecular formula is C21H29ClN2O3S. The maximum Gasteiger partial charge on any atom is 0.240 e. The lowest BCUT2D eigenvalue weighted by atomic mass is 10.1. The molecule has 154 valence electrons. The summed E-state index contributed by atoms with van der Waals surface area (Å²) < 4.78 is 33.8. The van der Waals surface area contributed by atoms with Crippen LogP contribution in [-0.2, 0) is 16.6 Å². The zero-order valence-corrected chi connectivity index (χ0v) is 18.3. The third kappa shape index (κ3) is 5.47. The van der Waals surface area contributed by atoms with Crippen LogP contribution in [0.5, 0.6) is 5.75 Å². The fourth-order valence-electron chi connectivity index (χ4n) is 3.73. The van der Waals surface area contributed by atoms with Gasteiger partial charge in [-0.3, -0.25) is 4.90 Å². The maximum absolute atomic E-state index is 12.8. The molecule has 0 radical (unpaired) electrons. The summed E-state index contributed by atoms with van der Waals surface area (Å²) in [5.41, 5.74) is 2.95. The Morgan fingerprint density at radius 2 is 1.64 bits per heavy atom. The fraction of sp³-hybridized carbons (Fsp3) is 0.429. The Morgan fingerprint density at radius 3 is 2.18 bits per heavy atom. The smallest absolute Gasteiger partial charge is 0.240 e. The number of piperidine rings is 1. The van der Waals surface area contributed by atoms with Crippen molar-refractivity contribution in [3.63, 3.8) is 0 Å². The summed E-state index contributed by atoms with van der Waals surface area (Å²) in [6.07, 6.45) is 1.64. The van der Waals surface area contributed by atoms with Crippen LogP contribution in [0.1, 0.15) is 29.5 Å². The van der Waals surface area contributed by atoms with Crippen molar-refractivity contribution >= 4 is 22.4 Å². The topological polar surface area (TPSA) is 58.6 Å². The zero-order valence-electron chi connectivity index (χ0n) is 16.6. The van der Waals surface area contributed by atoms with Gasteiger partial charge in [-0.15, -0.1) is 12.4 Å². The van der Waals surface area contributed by atoms with Crippen molar-refractivity contribution in [2.45, 2.75) is 44.2 Å². The van der Waals surface area contributed by atoms with Crippen molar-refractivity contribution in [3.05, 3.63) is 59.2 Å². The number of hydrogen-bond acceptors (Lipinski definition) is 4. The second-order valence-corrected chi connectivity index (χ2v) is 8.96. The van der Waals surface area contributed by atoms with Crippen LogP contribution in [-0.4, -0.2) is 39.6 Å². The van der Waals surface area contributed by atoms with Gasteiger partial charge in [0.15, 0.2) is 0 Å². The number of hydrogen-bond donors (Lipinski definition) is 1. The molecule has 2 aromatic carbocycles. The van der Waals surface area contributed by atoms with E-state index < -0.39 is 10.0 Å². The van der Waals surface area contributed by atoms with E-state index in [9.17, 15) is 8.42 Å². The van der Waals surface area contributed by atoms with Crippen molar-refractivity contribution in [3.8, 4) is 5.75 Å². The summed E-state index contributed by atoms with van der Waals surface area (Å²) in [6, 6.07) is 13.7. The minimum Gasteiger partial charge on any atom is -0.496 e. The third-order valence-corrected chi connectivity index (χ3v) is 6.61. The molecular weight excluding hydrogens is 396 g/mol. The fourth-order valence-corrected chi connectivity index (χ4v) is 5.20. The van der Waals surface area contributed by atoms with Gasteiger partial charge in [0.2, 0.25) is 10.0 Å². The molecule has 0 saturated carbocycles. The summed E-state index contributed by atoms with van der Waals surface area (Å²) in [5, 5.41) is 0. The van der Waals surface area contributed by atoms with E-state index in [2.05, 4.69) is 33.9 Å². The Kier molecular flexibility index (Phi) is 7.89. The van der Waals surface area contributed by atoms with Gasteiger partial charge in [-0.2, -0.15) is 0 Å². The highest BCUT2D eigenvalue weighted by Crippen LogP contribution is 2.27. The van der Waals surface area contributed by atoms with Gasteiger partial charge in [-0.1, -0.05) is 30.3 Å². The molecule has 1 heterocycles. The number of nitrogens with zero attached hydrogens (tertiary/aromatic N) is 1. The van der Waals surface area contributed by atoms with Gasteiger partial charge in [-0.25, -0.2) is 13.1 Å². The van der Waals surface area contributed by atoms with Gasteiger partial charge in [0.25, 0.3) is 0 Å². The van der Waals surface area contributed by atoms with Crippen molar-refractivity contribution < 1.29 is 13.2 Å². The van der Waals surface area contributed by atoms with Crippen LogP contribution >= 0.6 is 12.4 Å². The Bertz CT molecular complexity index is 857. The first-order chi connectivity index (χ1) is 12.9. The van der Waals surface area contributed by atoms with Crippen molar-refractivity contribution in [2.75, 3.05) is 20.2 Å². The highest BCUT2D eigenvalue weighted by atomic mass is 35.5. The lowest BCUT2D eigenvalue weighted by Gasteiger charge is -2.32. The Morgan fingerprint density at radius 1 is 1.07 bits per heavy atom. The SMILES string of the molecule is COc1c(C)cc(S(=O)(=O)NC2CCN(Cc3ccccc3)CC2)cc1C.Cl. The maximum atomic E-state index is 12.8. The molecule has 0 amide bonds. The summed E-state index contributed by atoms with van der Waals surface area (Å²) in [4.78, 5) is 2.69. The predicted octanol–water partition coefficient (Wildman–Crippen LogP) is 3.68. The predicted molar refractivity (Wildman–Crippen MR) is 115 cm³/mol. The number of benzene rings is 2. The lowest BCUT2D eigenvalue weighted by molar-refractivity contribution is 0.200. The minimum atomic E-state index is -3.53. The Balaban J connectivity index is 0.00000280. The molecule has 3 rings (SSSR count). The average molecular weight is 425 g/mol. The largest absolute Gasteiger partial charge is 0.496 e. The highest BCUT2D eigenvalue weighted by molar-refractivity contribution is 7.89. The van der Waals surface area contributed by atoms with E-state index in [1.54, 1.807) is 19.2 Å². The van der Waals surface area contributed by atoms with Gasteiger partial charge in [-0.05, 0) is 55.5 Å². The van der Waals surface area contributed by atoms with E-state index in [1.807, 2.05) is 19.9 Å². The van der Waals surface area contributed by atoms with Gasteiger partial charge in [0, 0.05) is 25.7 Å². The molecule has 1 saturated heterocycles. The first kappa shape index (κ1) is 22.7. The number of halogens is 1. The van der Waals surface area contributed by atoms with Crippen LogP contribution in [0.25, 0.3) is 0 Å². The normalized spacial score (nSPS) is 15.8. The molecule has 0 aliphatic carbocycles. The molecule has 0 unspecified atom stereocenters. The number of ether oxygens (including phenoxy) is 1. The zero-order chi connectivity index (χ0) is 19.4. The number of nitrogens with one attached hydrogen (secondary N) is 1. The molecule has 28 heavy (non-hydrogen) atoms. The molecule has 1 fully saturated rings. The molecule has 0 spiro atoms. The summed E-state index contributed by atoms with van der Waals surface area (Å²) in [7, 11) is -1.93. The van der Waals surface area contributed by atoms with E-state index in [1.165, 1.54) is 5.56 Å². The monoisotopic (exact) mass is 424 g/mol. The molecule has 2 aromatic rings. The Labute approximate surface area is 174 Å². The second-order valence-electron chi connectivity index (χ2n) is 7.25. The second kappa shape index (κ2) is 9.74. The van der Waals surface area contributed by atoms with E-state index in [0.717, 1.165) is 49.4 Å². The average Bonchev–Trinajstić information content (AvgIpc) is 2.64. The molecule has 7 heteroatoms. The van der Waals surface area contributed by atoms with E-state index >= 15 is 0 Å². The summed E-state index contributed by atoms with van der Waals surface area (Å²) in [6.45, 7) is 6.43. The molecule has 1 aliphatic heterocycles. The van der Waals surface area contributed by atoms with E-state index in [-0.39, 0.29) is 18.4 Å². The molecule has 5 nitrogen and oxygen atoms in total. The number of methoxy groups -OCH3 is 1. The van der Waals surface area contributed by atoms with Gasteiger partial charge in [0.05, 0.1) is 12.0 Å². The van der Waals surface area contributed by atoms with Crippen LogP contribution in [0.2, 0.25) is 0 Å². The standard InChI is InChI=1S/C21H28N2O3S.ClH/c1-16-13-20(14-17(2)21(16)26-3)27(24,25)22-19-9-11-23(12-10-19)15-18-7-5-4-6-8-18;/h4-8,13-14,19,22H,9-12,15H2,1-3H3;1H. The van der Waals surface area contributed by atoms with Crippen LogP contribution < -0.4 is 9.46 Å². The van der Waals surface area contributed by atoms with Crippen molar-refractivity contribution in [2.24, 2.45) is 0 Å². The van der Waals surface area contributed by atoms with Gasteiger partial charge in [0.1, 0.15) is 5.75 Å². The van der Waals surface area contributed by atoms with E-state index in [0.29, 0.717) is 4.90 Å². The molecule has 1 N–H and O–H groups in total. The third-order valence-electron chi connectivity index (χ3n) is 5.11. The summed E-state index contributed by atoms with van der Waals surface area (Å²) >= 11 is 0. The number of aryl methyl sites for hydroxylation is 2. The lowest BCUT2D eigenvalue weighted by Crippen LogP contribution is -2.44. The number of likely N-dealkylation sites (tertiary alicyclic amines) is 1. The number of rotatable bonds is 6. The van der Waals surface area contributed by atoms with Crippen molar-refractivity contribution in [1.29, 1.82) is 0 Å². The van der Waals surface area contributed by atoms with Crippen molar-refractivity contribution in [1.82, 2.24) is 9.62 Å². The highest BCUT2D eigenvalue weighted by Gasteiger charge is 2.25. The van der Waals surface area contributed by atoms with Crippen LogP contribution in [0.4, 0.5) is 0 Å². The van der Waals surface area contributed by atoms with Gasteiger partial charge >= 0.3 is 0 Å². The van der Waals surface area contributed by atoms with E-state index in [4.69, 9.17) is 4.74 Å². The molecule has 1 aliphatic rings. The molecule has 0 aromatic heterocycles. The first-order valence-corrected chi connectivity index (χ1v) is 10.8. The first-order valence-electron chi connectivity index (χ1n) is 9.33. The Hall–Kier alpha value is -1.60.